The van der Waals surface area contributed by atoms with Gasteiger partial charge in [-0.15, -0.1) is 10.2 Å². The SMILES string of the molecule is O=C(Cc1cccc(F)c1)NCc1nnc2n1CCN(Cc1ccc(-c3ccco3)cc1)CC2. The lowest BCUT2D eigenvalue weighted by Gasteiger charge is -2.19. The summed E-state index contributed by atoms with van der Waals surface area (Å²) in [6.45, 7) is 3.69. The molecule has 4 aromatic rings. The number of nitrogens with one attached hydrogen (secondary N) is 1. The summed E-state index contributed by atoms with van der Waals surface area (Å²) < 4.78 is 20.9. The lowest BCUT2D eigenvalue weighted by molar-refractivity contribution is -0.120. The van der Waals surface area contributed by atoms with Crippen molar-refractivity contribution in [1.82, 2.24) is 25.0 Å². The quantitative estimate of drug-likeness (QED) is 0.457. The van der Waals surface area contributed by atoms with E-state index in [2.05, 4.69) is 49.2 Å². The molecule has 0 aliphatic carbocycles. The summed E-state index contributed by atoms with van der Waals surface area (Å²) in [6, 6.07) is 18.4. The summed E-state index contributed by atoms with van der Waals surface area (Å²) in [5.41, 5.74) is 2.96. The topological polar surface area (TPSA) is 76.2 Å². The van der Waals surface area contributed by atoms with E-state index < -0.39 is 0 Å². The number of hydrogen-bond donors (Lipinski definition) is 1. The largest absolute Gasteiger partial charge is 0.464 e. The van der Waals surface area contributed by atoms with Crippen molar-refractivity contribution in [3.05, 3.63) is 95.5 Å². The molecule has 1 N–H and O–H groups in total. The predicted molar refractivity (Wildman–Crippen MR) is 125 cm³/mol. The van der Waals surface area contributed by atoms with E-state index in [0.717, 1.165) is 55.6 Å². The molecular weight excluding hydrogens is 433 g/mol. The van der Waals surface area contributed by atoms with Gasteiger partial charge in [-0.1, -0.05) is 36.4 Å². The van der Waals surface area contributed by atoms with E-state index in [1.165, 1.54) is 17.7 Å². The van der Waals surface area contributed by atoms with Crippen molar-refractivity contribution in [3.63, 3.8) is 0 Å². The highest BCUT2D eigenvalue weighted by molar-refractivity contribution is 5.78. The first-order valence-corrected chi connectivity index (χ1v) is 11.4. The Kier molecular flexibility index (Phi) is 6.49. The first kappa shape index (κ1) is 22.0. The third-order valence-corrected chi connectivity index (χ3v) is 6.06. The zero-order valence-corrected chi connectivity index (χ0v) is 18.8. The summed E-state index contributed by atoms with van der Waals surface area (Å²) in [6.07, 6.45) is 2.61. The molecule has 0 fully saturated rings. The lowest BCUT2D eigenvalue weighted by atomic mass is 10.1. The van der Waals surface area contributed by atoms with Gasteiger partial charge in [0, 0.05) is 38.2 Å². The van der Waals surface area contributed by atoms with Gasteiger partial charge in [-0.3, -0.25) is 9.69 Å². The molecule has 5 rings (SSSR count). The zero-order chi connectivity index (χ0) is 23.3. The van der Waals surface area contributed by atoms with E-state index in [1.807, 2.05) is 12.1 Å². The van der Waals surface area contributed by atoms with E-state index in [1.54, 1.807) is 18.4 Å². The molecule has 3 heterocycles. The number of fused-ring (bicyclic) bond motifs is 1. The van der Waals surface area contributed by atoms with Gasteiger partial charge in [-0.25, -0.2) is 4.39 Å². The summed E-state index contributed by atoms with van der Waals surface area (Å²) >= 11 is 0. The van der Waals surface area contributed by atoms with Gasteiger partial charge in [0.1, 0.15) is 17.4 Å². The Bertz CT molecular complexity index is 1250. The standard InChI is InChI=1S/C26H26FN5O2/c27-22-4-1-3-20(15-22)16-26(33)28-17-25-30-29-24-10-11-31(12-13-32(24)25)18-19-6-8-21(9-7-19)23-5-2-14-34-23/h1-9,14-15H,10-13,16-18H2,(H,28,33). The summed E-state index contributed by atoms with van der Waals surface area (Å²) in [5, 5.41) is 11.5. The van der Waals surface area contributed by atoms with Gasteiger partial charge < -0.3 is 14.3 Å². The van der Waals surface area contributed by atoms with Gasteiger partial charge in [0.15, 0.2) is 5.82 Å². The minimum atomic E-state index is -0.342. The number of hydrogen-bond acceptors (Lipinski definition) is 5. The van der Waals surface area contributed by atoms with Crippen LogP contribution in [-0.4, -0.2) is 38.7 Å². The van der Waals surface area contributed by atoms with Crippen LogP contribution in [0.3, 0.4) is 0 Å². The van der Waals surface area contributed by atoms with Crippen LogP contribution in [0, 0.1) is 5.82 Å². The van der Waals surface area contributed by atoms with E-state index in [0.29, 0.717) is 12.1 Å². The number of rotatable bonds is 7. The van der Waals surface area contributed by atoms with Crippen molar-refractivity contribution in [1.29, 1.82) is 0 Å². The van der Waals surface area contributed by atoms with Crippen molar-refractivity contribution < 1.29 is 13.6 Å². The zero-order valence-electron chi connectivity index (χ0n) is 18.8. The molecule has 8 heteroatoms. The number of benzene rings is 2. The average Bonchev–Trinajstić information content (AvgIpc) is 3.46. The van der Waals surface area contributed by atoms with Gasteiger partial charge in [0.05, 0.1) is 19.2 Å². The third kappa shape index (κ3) is 5.23. The second kappa shape index (κ2) is 10.0. The highest BCUT2D eigenvalue weighted by Crippen LogP contribution is 2.21. The maximum absolute atomic E-state index is 13.3. The molecular formula is C26H26FN5O2. The maximum Gasteiger partial charge on any atom is 0.224 e. The van der Waals surface area contributed by atoms with Gasteiger partial charge in [-0.05, 0) is 35.4 Å². The highest BCUT2D eigenvalue weighted by Gasteiger charge is 2.19. The first-order valence-electron chi connectivity index (χ1n) is 11.4. The number of carbonyl (C=O) groups is 1. The smallest absolute Gasteiger partial charge is 0.224 e. The molecule has 34 heavy (non-hydrogen) atoms. The molecule has 174 valence electrons. The molecule has 2 aromatic heterocycles. The Labute approximate surface area is 197 Å². The maximum atomic E-state index is 13.3. The molecule has 0 saturated heterocycles. The van der Waals surface area contributed by atoms with Crippen molar-refractivity contribution in [3.8, 4) is 11.3 Å². The van der Waals surface area contributed by atoms with Crippen LogP contribution in [0.1, 0.15) is 22.8 Å². The van der Waals surface area contributed by atoms with Gasteiger partial charge in [0.25, 0.3) is 0 Å². The van der Waals surface area contributed by atoms with Gasteiger partial charge in [0.2, 0.25) is 5.91 Å². The Morgan fingerprint density at radius 2 is 1.88 bits per heavy atom. The summed E-state index contributed by atoms with van der Waals surface area (Å²) in [5.74, 6) is 2.04. The van der Waals surface area contributed by atoms with Crippen LogP contribution >= 0.6 is 0 Å². The fraction of sp³-hybridized carbons (Fsp3) is 0.269. The van der Waals surface area contributed by atoms with E-state index >= 15 is 0 Å². The molecule has 0 unspecified atom stereocenters. The first-order chi connectivity index (χ1) is 16.6. The van der Waals surface area contributed by atoms with E-state index in [9.17, 15) is 9.18 Å². The van der Waals surface area contributed by atoms with Crippen molar-refractivity contribution in [2.75, 3.05) is 13.1 Å². The molecule has 7 nitrogen and oxygen atoms in total. The molecule has 0 saturated carbocycles. The van der Waals surface area contributed by atoms with Crippen LogP contribution in [0.15, 0.2) is 71.3 Å². The number of furan rings is 1. The molecule has 0 atom stereocenters. The fourth-order valence-electron chi connectivity index (χ4n) is 4.26. The Balaban J connectivity index is 1.15. The predicted octanol–water partition coefficient (Wildman–Crippen LogP) is 3.59. The van der Waals surface area contributed by atoms with Crippen LogP contribution in [0.5, 0.6) is 0 Å². The number of aromatic nitrogens is 3. The van der Waals surface area contributed by atoms with Crippen molar-refractivity contribution >= 4 is 5.91 Å². The molecule has 0 radical (unpaired) electrons. The molecule has 0 bridgehead atoms. The molecule has 1 aliphatic heterocycles. The Morgan fingerprint density at radius 1 is 1.00 bits per heavy atom. The van der Waals surface area contributed by atoms with Gasteiger partial charge in [-0.2, -0.15) is 0 Å². The monoisotopic (exact) mass is 459 g/mol. The second-order valence-electron chi connectivity index (χ2n) is 8.47. The number of halogens is 1. The molecule has 2 aromatic carbocycles. The summed E-state index contributed by atoms with van der Waals surface area (Å²) in [7, 11) is 0. The van der Waals surface area contributed by atoms with Crippen LogP contribution in [0.2, 0.25) is 0 Å². The molecule has 1 amide bonds. The average molecular weight is 460 g/mol. The fourth-order valence-corrected chi connectivity index (χ4v) is 4.26. The van der Waals surface area contributed by atoms with Crippen LogP contribution in [0.4, 0.5) is 4.39 Å². The Hall–Kier alpha value is -3.78. The Morgan fingerprint density at radius 3 is 2.68 bits per heavy atom. The number of amides is 1. The van der Waals surface area contributed by atoms with E-state index in [4.69, 9.17) is 4.42 Å². The molecule has 1 aliphatic rings. The molecule has 0 spiro atoms. The second-order valence-corrected chi connectivity index (χ2v) is 8.47. The van der Waals surface area contributed by atoms with Crippen molar-refractivity contribution in [2.45, 2.75) is 32.5 Å². The van der Waals surface area contributed by atoms with Gasteiger partial charge >= 0.3 is 0 Å². The minimum Gasteiger partial charge on any atom is -0.464 e. The minimum absolute atomic E-state index is 0.130. The van der Waals surface area contributed by atoms with Crippen molar-refractivity contribution in [2.24, 2.45) is 0 Å². The van der Waals surface area contributed by atoms with Crippen LogP contribution in [0.25, 0.3) is 11.3 Å². The summed E-state index contributed by atoms with van der Waals surface area (Å²) in [4.78, 5) is 14.7. The van der Waals surface area contributed by atoms with E-state index in [-0.39, 0.29) is 18.1 Å². The van der Waals surface area contributed by atoms with Crippen LogP contribution < -0.4 is 5.32 Å². The number of carbonyl (C=O) groups excluding carboxylic acids is 1. The highest BCUT2D eigenvalue weighted by atomic mass is 19.1. The number of nitrogens with zero attached hydrogens (tertiary/aromatic N) is 4. The normalized spacial score (nSPS) is 13.9. The third-order valence-electron chi connectivity index (χ3n) is 6.06. The lowest BCUT2D eigenvalue weighted by Crippen LogP contribution is -2.28. The van der Waals surface area contributed by atoms with Crippen LogP contribution in [-0.2, 0) is 37.3 Å².